The van der Waals surface area contributed by atoms with Crippen LogP contribution in [0.3, 0.4) is 0 Å². The van der Waals surface area contributed by atoms with E-state index in [1.807, 2.05) is 22.9 Å². The van der Waals surface area contributed by atoms with Crippen molar-refractivity contribution in [1.29, 1.82) is 0 Å². The molecule has 0 spiro atoms. The van der Waals surface area contributed by atoms with Gasteiger partial charge in [-0.05, 0) is 11.4 Å². The molecule has 2 aliphatic heterocycles. The average molecular weight is 237 g/mol. The van der Waals surface area contributed by atoms with Gasteiger partial charge in [-0.15, -0.1) is 11.3 Å². The Morgan fingerprint density at radius 3 is 2.88 bits per heavy atom. The van der Waals surface area contributed by atoms with Crippen LogP contribution in [-0.2, 0) is 0 Å². The van der Waals surface area contributed by atoms with Crippen LogP contribution in [0.4, 0.5) is 4.79 Å². The number of rotatable bonds is 2. The van der Waals surface area contributed by atoms with E-state index in [1.54, 1.807) is 11.3 Å². The highest BCUT2D eigenvalue weighted by molar-refractivity contribution is 7.10. The number of carbonyl (C=O) groups is 1. The first-order chi connectivity index (χ1) is 7.77. The number of hydrogen-bond acceptors (Lipinski definition) is 3. The number of thiophene rings is 1. The second-order valence-corrected chi connectivity index (χ2v) is 5.37. The molecule has 5 heteroatoms. The lowest BCUT2D eigenvalue weighted by atomic mass is 10.1. The molecule has 2 aliphatic rings. The smallest absolute Gasteiger partial charge is 0.318 e. The fourth-order valence-electron chi connectivity index (χ4n) is 2.28. The Hall–Kier alpha value is -1.07. The van der Waals surface area contributed by atoms with E-state index in [9.17, 15) is 4.79 Å². The zero-order chi connectivity index (χ0) is 11.1. The first-order valence-electron chi connectivity index (χ1n) is 5.55. The van der Waals surface area contributed by atoms with E-state index in [0.29, 0.717) is 6.04 Å². The van der Waals surface area contributed by atoms with E-state index >= 15 is 0 Å². The fourth-order valence-corrected chi connectivity index (χ4v) is 3.14. The summed E-state index contributed by atoms with van der Waals surface area (Å²) in [5.41, 5.74) is 0. The summed E-state index contributed by atoms with van der Waals surface area (Å²) in [6.07, 6.45) is 0. The molecule has 1 N–H and O–H groups in total. The summed E-state index contributed by atoms with van der Waals surface area (Å²) in [5.74, 6) is 0. The van der Waals surface area contributed by atoms with E-state index in [-0.39, 0.29) is 12.1 Å². The molecule has 16 heavy (non-hydrogen) atoms. The monoisotopic (exact) mass is 237 g/mol. The minimum Gasteiger partial charge on any atom is -0.318 e. The van der Waals surface area contributed by atoms with Gasteiger partial charge in [-0.3, -0.25) is 0 Å². The van der Waals surface area contributed by atoms with Crippen molar-refractivity contribution >= 4 is 17.4 Å². The maximum absolute atomic E-state index is 12.1. The molecule has 3 rings (SSSR count). The highest BCUT2D eigenvalue weighted by Crippen LogP contribution is 2.32. The van der Waals surface area contributed by atoms with E-state index in [0.717, 1.165) is 19.6 Å². The molecule has 0 aromatic carbocycles. The third kappa shape index (κ3) is 1.43. The molecular weight excluding hydrogens is 222 g/mol. The number of carbonyl (C=O) groups excluding carboxylic acids is 1. The van der Waals surface area contributed by atoms with E-state index < -0.39 is 0 Å². The zero-order valence-corrected chi connectivity index (χ0v) is 10.0. The molecule has 0 saturated carbocycles. The Bertz CT molecular complexity index is 388. The maximum atomic E-state index is 12.1. The van der Waals surface area contributed by atoms with Gasteiger partial charge in [0.2, 0.25) is 0 Å². The van der Waals surface area contributed by atoms with Crippen molar-refractivity contribution in [2.45, 2.75) is 12.1 Å². The third-order valence-corrected chi connectivity index (χ3v) is 4.43. The normalized spacial score (nSPS) is 26.3. The Morgan fingerprint density at radius 2 is 2.31 bits per heavy atom. The molecule has 3 heterocycles. The SMILES string of the molecule is CN1C(=O)N(C2CNC2)CC1c1cccs1. The quantitative estimate of drug-likeness (QED) is 0.837. The number of nitrogens with one attached hydrogen (secondary N) is 1. The summed E-state index contributed by atoms with van der Waals surface area (Å²) < 4.78 is 0. The lowest BCUT2D eigenvalue weighted by Crippen LogP contribution is -2.57. The molecular formula is C11H15N3OS. The van der Waals surface area contributed by atoms with Crippen molar-refractivity contribution in [1.82, 2.24) is 15.1 Å². The number of likely N-dealkylation sites (N-methyl/N-ethyl adjacent to an activating group) is 1. The van der Waals surface area contributed by atoms with Gasteiger partial charge < -0.3 is 15.1 Å². The largest absolute Gasteiger partial charge is 0.320 e. The van der Waals surface area contributed by atoms with Crippen LogP contribution in [-0.4, -0.2) is 48.6 Å². The van der Waals surface area contributed by atoms with Gasteiger partial charge in [0.05, 0.1) is 12.1 Å². The van der Waals surface area contributed by atoms with E-state index in [1.165, 1.54) is 4.88 Å². The predicted molar refractivity (Wildman–Crippen MR) is 63.6 cm³/mol. The van der Waals surface area contributed by atoms with Gasteiger partial charge in [-0.25, -0.2) is 4.79 Å². The third-order valence-electron chi connectivity index (χ3n) is 3.46. The van der Waals surface area contributed by atoms with Crippen molar-refractivity contribution in [2.75, 3.05) is 26.7 Å². The summed E-state index contributed by atoms with van der Waals surface area (Å²) >= 11 is 1.73. The van der Waals surface area contributed by atoms with E-state index in [4.69, 9.17) is 0 Å². The minimum absolute atomic E-state index is 0.171. The Balaban J connectivity index is 1.80. The van der Waals surface area contributed by atoms with Gasteiger partial charge >= 0.3 is 6.03 Å². The van der Waals surface area contributed by atoms with Crippen LogP contribution in [0.5, 0.6) is 0 Å². The van der Waals surface area contributed by atoms with Gasteiger partial charge in [-0.2, -0.15) is 0 Å². The molecule has 1 atom stereocenters. The van der Waals surface area contributed by atoms with Crippen LogP contribution in [0.15, 0.2) is 17.5 Å². The van der Waals surface area contributed by atoms with Crippen LogP contribution in [0, 0.1) is 0 Å². The van der Waals surface area contributed by atoms with Crippen LogP contribution in [0.2, 0.25) is 0 Å². The molecule has 1 aromatic heterocycles. The molecule has 0 radical (unpaired) electrons. The Kier molecular flexibility index (Phi) is 2.37. The molecule has 1 unspecified atom stereocenters. The second kappa shape index (κ2) is 3.75. The summed E-state index contributed by atoms with van der Waals surface area (Å²) in [6, 6.07) is 4.98. The summed E-state index contributed by atoms with van der Waals surface area (Å²) in [5, 5.41) is 5.28. The van der Waals surface area contributed by atoms with Gasteiger partial charge in [0.1, 0.15) is 0 Å². The number of hydrogen-bond donors (Lipinski definition) is 1. The lowest BCUT2D eigenvalue weighted by molar-refractivity contribution is 0.162. The topological polar surface area (TPSA) is 35.6 Å². The molecule has 86 valence electrons. The molecule has 0 bridgehead atoms. The first-order valence-corrected chi connectivity index (χ1v) is 6.43. The van der Waals surface area contributed by atoms with Gasteiger partial charge in [0.25, 0.3) is 0 Å². The number of nitrogens with zero attached hydrogens (tertiary/aromatic N) is 2. The van der Waals surface area contributed by atoms with Crippen molar-refractivity contribution < 1.29 is 4.79 Å². The first kappa shape index (κ1) is 10.1. The Morgan fingerprint density at radius 1 is 1.50 bits per heavy atom. The standard InChI is InChI=1S/C11H15N3OS/c1-13-9(10-3-2-4-16-10)7-14(11(13)15)8-5-12-6-8/h2-4,8-9,12H,5-7H2,1H3. The van der Waals surface area contributed by atoms with Crippen LogP contribution < -0.4 is 5.32 Å². The molecule has 0 aliphatic carbocycles. The lowest BCUT2D eigenvalue weighted by Gasteiger charge is -2.34. The van der Waals surface area contributed by atoms with E-state index in [2.05, 4.69) is 16.8 Å². The maximum Gasteiger partial charge on any atom is 0.320 e. The predicted octanol–water partition coefficient (Wildman–Crippen LogP) is 1.13. The van der Waals surface area contributed by atoms with Gasteiger partial charge in [0.15, 0.2) is 0 Å². The molecule has 2 amide bonds. The molecule has 1 aromatic rings. The summed E-state index contributed by atoms with van der Waals surface area (Å²) in [7, 11) is 1.90. The van der Waals surface area contributed by atoms with Crippen molar-refractivity contribution in [3.8, 4) is 0 Å². The van der Waals surface area contributed by atoms with Crippen LogP contribution >= 0.6 is 11.3 Å². The van der Waals surface area contributed by atoms with Crippen molar-refractivity contribution in [3.05, 3.63) is 22.4 Å². The highest BCUT2D eigenvalue weighted by atomic mass is 32.1. The number of urea groups is 1. The molecule has 2 saturated heterocycles. The van der Waals surface area contributed by atoms with Gasteiger partial charge in [0, 0.05) is 31.6 Å². The van der Waals surface area contributed by atoms with Gasteiger partial charge in [-0.1, -0.05) is 6.07 Å². The van der Waals surface area contributed by atoms with Crippen molar-refractivity contribution in [3.63, 3.8) is 0 Å². The fraction of sp³-hybridized carbons (Fsp3) is 0.545. The molecule has 2 fully saturated rings. The Labute approximate surface area is 98.8 Å². The highest BCUT2D eigenvalue weighted by Gasteiger charge is 2.41. The van der Waals surface area contributed by atoms with Crippen LogP contribution in [0.1, 0.15) is 10.9 Å². The number of amides is 2. The molecule has 4 nitrogen and oxygen atoms in total. The summed E-state index contributed by atoms with van der Waals surface area (Å²) in [4.78, 5) is 17.2. The minimum atomic E-state index is 0.171. The van der Waals surface area contributed by atoms with Crippen molar-refractivity contribution in [2.24, 2.45) is 0 Å². The average Bonchev–Trinajstić information content (AvgIpc) is 2.79. The summed E-state index contributed by atoms with van der Waals surface area (Å²) in [6.45, 7) is 2.72. The van der Waals surface area contributed by atoms with Crippen LogP contribution in [0.25, 0.3) is 0 Å². The zero-order valence-electron chi connectivity index (χ0n) is 9.22. The second-order valence-electron chi connectivity index (χ2n) is 4.39.